The first-order chi connectivity index (χ1) is 10.1. The summed E-state index contributed by atoms with van der Waals surface area (Å²) in [6.07, 6.45) is 2.92. The van der Waals surface area contributed by atoms with Crippen LogP contribution in [0, 0.1) is 0 Å². The van der Waals surface area contributed by atoms with Crippen molar-refractivity contribution in [3.63, 3.8) is 0 Å². The number of nitrogens with two attached hydrogens (primary N) is 1. The smallest absolute Gasteiger partial charge is 0.224 e. The van der Waals surface area contributed by atoms with E-state index in [4.69, 9.17) is 10.5 Å². The molecule has 1 atom stereocenters. The molecule has 0 unspecified atom stereocenters. The van der Waals surface area contributed by atoms with Gasteiger partial charge in [-0.05, 0) is 49.2 Å². The molecule has 5 heteroatoms. The van der Waals surface area contributed by atoms with Crippen molar-refractivity contribution in [3.8, 4) is 11.5 Å². The predicted octanol–water partition coefficient (Wildman–Crippen LogP) is 2.78. The maximum absolute atomic E-state index is 11.3. The summed E-state index contributed by atoms with van der Waals surface area (Å²) in [6.45, 7) is 1.89. The molecule has 0 saturated carbocycles. The van der Waals surface area contributed by atoms with E-state index in [9.17, 15) is 4.79 Å². The Kier molecular flexibility index (Phi) is 3.58. The Morgan fingerprint density at radius 2 is 2.05 bits per heavy atom. The lowest BCUT2D eigenvalue weighted by molar-refractivity contribution is -0.116. The molecule has 0 fully saturated rings. The maximum Gasteiger partial charge on any atom is 0.224 e. The van der Waals surface area contributed by atoms with Crippen molar-refractivity contribution >= 4 is 11.6 Å². The Bertz CT molecular complexity index is 666. The van der Waals surface area contributed by atoms with Crippen LogP contribution >= 0.6 is 0 Å². The normalized spacial score (nSPS) is 15.0. The van der Waals surface area contributed by atoms with E-state index in [0.717, 1.165) is 29.1 Å². The summed E-state index contributed by atoms with van der Waals surface area (Å²) in [5.41, 5.74) is 8.55. The van der Waals surface area contributed by atoms with Crippen molar-refractivity contribution in [2.75, 3.05) is 5.32 Å². The molecule has 2 aromatic rings. The van der Waals surface area contributed by atoms with E-state index in [1.165, 1.54) is 0 Å². The molecule has 2 heterocycles. The Morgan fingerprint density at radius 1 is 1.24 bits per heavy atom. The van der Waals surface area contributed by atoms with Crippen LogP contribution < -0.4 is 15.8 Å². The highest BCUT2D eigenvalue weighted by atomic mass is 16.5. The third-order valence-corrected chi connectivity index (χ3v) is 3.43. The molecule has 5 nitrogen and oxygen atoms in total. The minimum atomic E-state index is -0.0913. The van der Waals surface area contributed by atoms with Crippen molar-refractivity contribution < 1.29 is 9.53 Å². The molecular formula is C16H17N3O2. The van der Waals surface area contributed by atoms with E-state index in [1.807, 2.05) is 37.3 Å². The van der Waals surface area contributed by atoms with Crippen molar-refractivity contribution in [1.82, 2.24) is 4.98 Å². The second-order valence-electron chi connectivity index (χ2n) is 5.18. The highest BCUT2D eigenvalue weighted by Gasteiger charge is 2.15. The van der Waals surface area contributed by atoms with Gasteiger partial charge in [0.1, 0.15) is 11.5 Å². The number of aryl methyl sites for hydroxylation is 1. The van der Waals surface area contributed by atoms with Crippen LogP contribution in [0.2, 0.25) is 0 Å². The number of hydrogen-bond donors (Lipinski definition) is 2. The Morgan fingerprint density at radius 3 is 2.76 bits per heavy atom. The molecule has 0 bridgehead atoms. The third kappa shape index (κ3) is 3.03. The summed E-state index contributed by atoms with van der Waals surface area (Å²) in [6, 6.07) is 9.28. The standard InChI is InChI=1S/C16H17N3O2/c1-10(17)14-5-4-13(9-18-14)21-12-3-6-15-11(8-12)2-7-16(20)19-15/h3-6,8-10H,2,7,17H2,1H3,(H,19,20)/t10-/m1/s1. The van der Waals surface area contributed by atoms with Crippen LogP contribution in [-0.4, -0.2) is 10.9 Å². The fourth-order valence-corrected chi connectivity index (χ4v) is 2.28. The van der Waals surface area contributed by atoms with E-state index in [2.05, 4.69) is 10.3 Å². The van der Waals surface area contributed by atoms with Crippen LogP contribution in [0.5, 0.6) is 11.5 Å². The van der Waals surface area contributed by atoms with E-state index in [1.54, 1.807) is 6.20 Å². The number of rotatable bonds is 3. The van der Waals surface area contributed by atoms with Gasteiger partial charge in [-0.1, -0.05) is 0 Å². The van der Waals surface area contributed by atoms with Gasteiger partial charge in [0.25, 0.3) is 0 Å². The Hall–Kier alpha value is -2.40. The quantitative estimate of drug-likeness (QED) is 0.908. The number of amides is 1. The van der Waals surface area contributed by atoms with Gasteiger partial charge in [0.05, 0.1) is 11.9 Å². The molecule has 21 heavy (non-hydrogen) atoms. The first-order valence-electron chi connectivity index (χ1n) is 6.94. The molecule has 0 saturated heterocycles. The van der Waals surface area contributed by atoms with Crippen LogP contribution in [0.4, 0.5) is 5.69 Å². The summed E-state index contributed by atoms with van der Waals surface area (Å²) >= 11 is 0. The lowest BCUT2D eigenvalue weighted by Gasteiger charge is -2.17. The minimum absolute atomic E-state index is 0.0619. The number of nitrogens with zero attached hydrogens (tertiary/aromatic N) is 1. The topological polar surface area (TPSA) is 77.2 Å². The van der Waals surface area contributed by atoms with Gasteiger partial charge >= 0.3 is 0 Å². The number of ether oxygens (including phenoxy) is 1. The molecule has 0 radical (unpaired) electrons. The van der Waals surface area contributed by atoms with Crippen molar-refractivity contribution in [2.45, 2.75) is 25.8 Å². The number of carbonyl (C=O) groups is 1. The van der Waals surface area contributed by atoms with Gasteiger partial charge in [0.2, 0.25) is 5.91 Å². The molecule has 108 valence electrons. The maximum atomic E-state index is 11.3. The largest absolute Gasteiger partial charge is 0.456 e. The zero-order valence-corrected chi connectivity index (χ0v) is 11.8. The number of pyridine rings is 1. The van der Waals surface area contributed by atoms with Crippen molar-refractivity contribution in [3.05, 3.63) is 47.8 Å². The Balaban J connectivity index is 1.77. The number of carbonyl (C=O) groups excluding carboxylic acids is 1. The summed E-state index contributed by atoms with van der Waals surface area (Å²) < 4.78 is 5.79. The molecule has 1 aromatic carbocycles. The molecule has 0 aliphatic carbocycles. The van der Waals surface area contributed by atoms with Gasteiger partial charge in [-0.15, -0.1) is 0 Å². The average molecular weight is 283 g/mol. The van der Waals surface area contributed by atoms with Gasteiger partial charge < -0.3 is 15.8 Å². The SMILES string of the molecule is C[C@@H](N)c1ccc(Oc2ccc3c(c2)CCC(=O)N3)cn1. The van der Waals surface area contributed by atoms with Crippen molar-refractivity contribution in [1.29, 1.82) is 0 Å². The van der Waals surface area contributed by atoms with Crippen LogP contribution in [-0.2, 0) is 11.2 Å². The van der Waals surface area contributed by atoms with Gasteiger partial charge in [-0.2, -0.15) is 0 Å². The Labute approximate surface area is 123 Å². The molecule has 3 N–H and O–H groups in total. The number of anilines is 1. The monoisotopic (exact) mass is 283 g/mol. The summed E-state index contributed by atoms with van der Waals surface area (Å²) in [7, 11) is 0. The fourth-order valence-electron chi connectivity index (χ4n) is 2.28. The van der Waals surface area contributed by atoms with Gasteiger partial charge in [0.15, 0.2) is 0 Å². The molecule has 1 aliphatic rings. The lowest BCUT2D eigenvalue weighted by Crippen LogP contribution is -2.18. The van der Waals surface area contributed by atoms with Gasteiger partial charge in [0, 0.05) is 18.2 Å². The predicted molar refractivity (Wildman–Crippen MR) is 80.3 cm³/mol. The first-order valence-corrected chi connectivity index (χ1v) is 6.94. The van der Waals surface area contributed by atoms with E-state index in [-0.39, 0.29) is 11.9 Å². The van der Waals surface area contributed by atoms with Crippen LogP contribution in [0.1, 0.15) is 30.6 Å². The summed E-state index contributed by atoms with van der Waals surface area (Å²) in [5.74, 6) is 1.46. The number of hydrogen-bond acceptors (Lipinski definition) is 4. The summed E-state index contributed by atoms with van der Waals surface area (Å²) in [4.78, 5) is 15.6. The minimum Gasteiger partial charge on any atom is -0.456 e. The first kappa shape index (κ1) is 13.6. The molecule has 1 aliphatic heterocycles. The second kappa shape index (κ2) is 5.54. The molecule has 1 aromatic heterocycles. The second-order valence-corrected chi connectivity index (χ2v) is 5.18. The molecule has 1 amide bonds. The molecule has 3 rings (SSSR count). The lowest BCUT2D eigenvalue weighted by atomic mass is 10.0. The number of nitrogens with one attached hydrogen (secondary N) is 1. The molecular weight excluding hydrogens is 266 g/mol. The highest BCUT2D eigenvalue weighted by molar-refractivity contribution is 5.94. The van der Waals surface area contributed by atoms with Gasteiger partial charge in [-0.3, -0.25) is 9.78 Å². The fraction of sp³-hybridized carbons (Fsp3) is 0.250. The number of fused-ring (bicyclic) bond motifs is 1. The van der Waals surface area contributed by atoms with E-state index in [0.29, 0.717) is 12.2 Å². The average Bonchev–Trinajstić information content (AvgIpc) is 2.48. The zero-order chi connectivity index (χ0) is 14.8. The van der Waals surface area contributed by atoms with E-state index >= 15 is 0 Å². The van der Waals surface area contributed by atoms with Gasteiger partial charge in [-0.25, -0.2) is 0 Å². The zero-order valence-electron chi connectivity index (χ0n) is 11.8. The van der Waals surface area contributed by atoms with Crippen molar-refractivity contribution in [2.24, 2.45) is 5.73 Å². The third-order valence-electron chi connectivity index (χ3n) is 3.43. The van der Waals surface area contributed by atoms with Crippen LogP contribution in [0.3, 0.4) is 0 Å². The van der Waals surface area contributed by atoms with E-state index < -0.39 is 0 Å². The number of benzene rings is 1. The van der Waals surface area contributed by atoms with Crippen LogP contribution in [0.15, 0.2) is 36.5 Å². The summed E-state index contributed by atoms with van der Waals surface area (Å²) in [5, 5.41) is 2.85. The molecule has 0 spiro atoms. The highest BCUT2D eigenvalue weighted by Crippen LogP contribution is 2.29. The van der Waals surface area contributed by atoms with Crippen LogP contribution in [0.25, 0.3) is 0 Å². The number of aromatic nitrogens is 1.